The van der Waals surface area contributed by atoms with Crippen LogP contribution in [0.15, 0.2) is 61.1 Å². The highest BCUT2D eigenvalue weighted by atomic mass is 19.1. The standard InChI is InChI=1S/C22H18FN3O/c1-14-7-16(5-6-20(14)23)22(27)10-19-9-18-8-15(3-4-17(18)11-25-19)21-12-24-13-26(21)2/h3-9,11-13H,10H2,1-2H3/i5D,6D,7D. The fourth-order valence-corrected chi connectivity index (χ4v) is 2.95. The fourth-order valence-electron chi connectivity index (χ4n) is 2.95. The second-order valence-corrected chi connectivity index (χ2v) is 6.42. The molecular weight excluding hydrogens is 341 g/mol. The highest BCUT2D eigenvalue weighted by Gasteiger charge is 2.11. The number of nitrogens with zero attached hydrogens (tertiary/aromatic N) is 3. The molecule has 4 aromatic rings. The lowest BCUT2D eigenvalue weighted by atomic mass is 10.0. The molecule has 0 aliphatic carbocycles. The van der Waals surface area contributed by atoms with Gasteiger partial charge in [0.05, 0.1) is 28.8 Å². The first-order valence-corrected chi connectivity index (χ1v) is 8.42. The molecule has 0 aliphatic heterocycles. The molecule has 5 heteroatoms. The average molecular weight is 362 g/mol. The summed E-state index contributed by atoms with van der Waals surface area (Å²) in [5, 5.41) is 1.80. The number of aromatic nitrogens is 3. The predicted octanol–water partition coefficient (Wildman–Crippen LogP) is 4.51. The van der Waals surface area contributed by atoms with Crippen molar-refractivity contribution in [2.75, 3.05) is 0 Å². The third-order valence-corrected chi connectivity index (χ3v) is 4.45. The maximum Gasteiger partial charge on any atom is 0.168 e. The van der Waals surface area contributed by atoms with Crippen molar-refractivity contribution in [2.45, 2.75) is 13.3 Å². The number of fused-ring (bicyclic) bond motifs is 1. The second-order valence-electron chi connectivity index (χ2n) is 6.42. The third-order valence-electron chi connectivity index (χ3n) is 4.45. The van der Waals surface area contributed by atoms with Gasteiger partial charge < -0.3 is 4.57 Å². The Morgan fingerprint density at radius 3 is 2.85 bits per heavy atom. The minimum atomic E-state index is -0.937. The van der Waals surface area contributed by atoms with Crippen LogP contribution in [0, 0.1) is 12.7 Å². The number of aryl methyl sites for hydroxylation is 1. The molecule has 2 aromatic carbocycles. The van der Waals surface area contributed by atoms with Crippen LogP contribution in [-0.2, 0) is 13.5 Å². The Morgan fingerprint density at radius 2 is 2.07 bits per heavy atom. The van der Waals surface area contributed by atoms with Crippen LogP contribution in [0.1, 0.15) is 25.7 Å². The zero-order valence-electron chi connectivity index (χ0n) is 17.9. The molecule has 0 atom stereocenters. The maximum atomic E-state index is 13.9. The number of imidazole rings is 1. The lowest BCUT2D eigenvalue weighted by Gasteiger charge is -2.07. The van der Waals surface area contributed by atoms with Gasteiger partial charge in [-0.3, -0.25) is 9.78 Å². The van der Waals surface area contributed by atoms with Crippen LogP contribution < -0.4 is 0 Å². The molecule has 0 radical (unpaired) electrons. The molecule has 4 nitrogen and oxygen atoms in total. The summed E-state index contributed by atoms with van der Waals surface area (Å²) in [6.45, 7) is 1.33. The van der Waals surface area contributed by atoms with E-state index in [-0.39, 0.29) is 23.6 Å². The van der Waals surface area contributed by atoms with Gasteiger partial charge in [-0.05, 0) is 48.1 Å². The van der Waals surface area contributed by atoms with Crippen molar-refractivity contribution >= 4 is 16.6 Å². The molecule has 4 rings (SSSR count). The summed E-state index contributed by atoms with van der Waals surface area (Å²) < 4.78 is 39.5. The molecule has 0 N–H and O–H groups in total. The molecule has 0 saturated carbocycles. The van der Waals surface area contributed by atoms with Gasteiger partial charge in [0.2, 0.25) is 0 Å². The molecule has 0 unspecified atom stereocenters. The van der Waals surface area contributed by atoms with E-state index in [4.69, 9.17) is 4.11 Å². The molecule has 2 heterocycles. The van der Waals surface area contributed by atoms with E-state index in [1.165, 1.54) is 6.92 Å². The number of ketones is 1. The van der Waals surface area contributed by atoms with E-state index in [1.807, 2.05) is 29.8 Å². The Balaban J connectivity index is 1.71. The van der Waals surface area contributed by atoms with Gasteiger partial charge in [-0.2, -0.15) is 0 Å². The quantitative estimate of drug-likeness (QED) is 0.502. The Bertz CT molecular complexity index is 1290. The number of pyridine rings is 1. The lowest BCUT2D eigenvalue weighted by Crippen LogP contribution is -2.06. The predicted molar refractivity (Wildman–Crippen MR) is 103 cm³/mol. The van der Waals surface area contributed by atoms with E-state index in [2.05, 4.69) is 9.97 Å². The highest BCUT2D eigenvalue weighted by molar-refractivity contribution is 5.98. The number of carbonyl (C=O) groups excluding carboxylic acids is 1. The van der Waals surface area contributed by atoms with Crippen molar-refractivity contribution in [1.82, 2.24) is 14.5 Å². The summed E-state index contributed by atoms with van der Waals surface area (Å²) in [5.74, 6) is -1.47. The van der Waals surface area contributed by atoms with Crippen LogP contribution in [0.5, 0.6) is 0 Å². The number of halogens is 1. The van der Waals surface area contributed by atoms with Crippen LogP contribution >= 0.6 is 0 Å². The zero-order valence-corrected chi connectivity index (χ0v) is 14.9. The zero-order chi connectivity index (χ0) is 21.6. The molecule has 0 spiro atoms. The number of Topliss-reactive ketones (excluding diaryl/α,β-unsaturated/α-hetero) is 1. The number of hydrogen-bond acceptors (Lipinski definition) is 3. The molecule has 0 fully saturated rings. The average Bonchev–Trinajstić information content (AvgIpc) is 3.16. The van der Waals surface area contributed by atoms with Crippen LogP contribution in [0.4, 0.5) is 4.39 Å². The molecule has 27 heavy (non-hydrogen) atoms. The van der Waals surface area contributed by atoms with Gasteiger partial charge in [0, 0.05) is 35.5 Å². The topological polar surface area (TPSA) is 47.8 Å². The second kappa shape index (κ2) is 6.76. The largest absolute Gasteiger partial charge is 0.334 e. The molecule has 0 amide bonds. The Morgan fingerprint density at radius 1 is 1.22 bits per heavy atom. The van der Waals surface area contributed by atoms with Gasteiger partial charge in [-0.15, -0.1) is 0 Å². The molecule has 0 saturated heterocycles. The number of hydrogen-bond donors (Lipinski definition) is 0. The molecule has 2 aromatic heterocycles. The lowest BCUT2D eigenvalue weighted by molar-refractivity contribution is 0.0992. The van der Waals surface area contributed by atoms with Crippen molar-refractivity contribution < 1.29 is 13.3 Å². The molecule has 0 bridgehead atoms. The van der Waals surface area contributed by atoms with Gasteiger partial charge in [-0.1, -0.05) is 12.1 Å². The van der Waals surface area contributed by atoms with Gasteiger partial charge >= 0.3 is 0 Å². The van der Waals surface area contributed by atoms with Gasteiger partial charge in [-0.25, -0.2) is 9.37 Å². The van der Waals surface area contributed by atoms with Crippen LogP contribution in [-0.4, -0.2) is 20.3 Å². The molecule has 134 valence electrons. The van der Waals surface area contributed by atoms with Crippen LogP contribution in [0.25, 0.3) is 22.0 Å². The summed E-state index contributed by atoms with van der Waals surface area (Å²) >= 11 is 0. The monoisotopic (exact) mass is 362 g/mol. The summed E-state index contributed by atoms with van der Waals surface area (Å²) in [6, 6.07) is 6.11. The van der Waals surface area contributed by atoms with Crippen molar-refractivity contribution in [3.8, 4) is 11.3 Å². The first kappa shape index (κ1) is 13.8. The summed E-state index contributed by atoms with van der Waals surface area (Å²) in [5.41, 5.74) is 2.05. The normalized spacial score (nSPS) is 12.6. The summed E-state index contributed by atoms with van der Waals surface area (Å²) in [6.07, 6.45) is 5.01. The molecule has 0 aliphatic rings. The fraction of sp³-hybridized carbons (Fsp3) is 0.136. The highest BCUT2D eigenvalue weighted by Crippen LogP contribution is 2.24. The minimum absolute atomic E-state index is 0.105. The van der Waals surface area contributed by atoms with Crippen LogP contribution in [0.2, 0.25) is 0 Å². The first-order chi connectivity index (χ1) is 14.3. The van der Waals surface area contributed by atoms with E-state index in [1.54, 1.807) is 24.8 Å². The number of carbonyl (C=O) groups is 1. The van der Waals surface area contributed by atoms with Crippen molar-refractivity contribution in [1.29, 1.82) is 0 Å². The Hall–Kier alpha value is -3.34. The Kier molecular flexibility index (Phi) is 3.46. The van der Waals surface area contributed by atoms with Crippen molar-refractivity contribution in [3.05, 3.63) is 83.8 Å². The van der Waals surface area contributed by atoms with Gasteiger partial charge in [0.15, 0.2) is 5.78 Å². The maximum absolute atomic E-state index is 13.9. The number of rotatable bonds is 4. The van der Waals surface area contributed by atoms with E-state index >= 15 is 0 Å². The van der Waals surface area contributed by atoms with E-state index < -0.39 is 23.7 Å². The number of benzene rings is 2. The third kappa shape index (κ3) is 3.36. The van der Waals surface area contributed by atoms with Crippen molar-refractivity contribution in [3.63, 3.8) is 0 Å². The van der Waals surface area contributed by atoms with E-state index in [0.29, 0.717) is 5.69 Å². The van der Waals surface area contributed by atoms with E-state index in [0.717, 1.165) is 22.0 Å². The van der Waals surface area contributed by atoms with Crippen molar-refractivity contribution in [2.24, 2.45) is 7.05 Å². The molecular formula is C22H18FN3O. The summed E-state index contributed by atoms with van der Waals surface area (Å²) in [4.78, 5) is 21.3. The smallest absolute Gasteiger partial charge is 0.168 e. The Labute approximate surface area is 160 Å². The first-order valence-electron chi connectivity index (χ1n) is 9.92. The minimum Gasteiger partial charge on any atom is -0.334 e. The SMILES string of the molecule is [2H]c1c([2H])c(C(=O)Cc2cc3cc(-c4cncn4C)ccc3cn2)c([2H])c(C)c1F. The van der Waals surface area contributed by atoms with Gasteiger partial charge in [0.25, 0.3) is 0 Å². The summed E-state index contributed by atoms with van der Waals surface area (Å²) in [7, 11) is 1.91. The van der Waals surface area contributed by atoms with E-state index in [9.17, 15) is 9.18 Å². The van der Waals surface area contributed by atoms with Crippen LogP contribution in [0.3, 0.4) is 0 Å². The van der Waals surface area contributed by atoms with Gasteiger partial charge in [0.1, 0.15) is 5.82 Å².